The van der Waals surface area contributed by atoms with Crippen molar-refractivity contribution in [1.29, 1.82) is 0 Å². The van der Waals surface area contributed by atoms with Crippen LogP contribution in [-0.2, 0) is 11.8 Å². The van der Waals surface area contributed by atoms with E-state index >= 15 is 0 Å². The van der Waals surface area contributed by atoms with E-state index in [0.717, 1.165) is 36.1 Å². The molecule has 1 saturated carbocycles. The van der Waals surface area contributed by atoms with Gasteiger partial charge in [-0.2, -0.15) is 5.10 Å². The third-order valence-corrected chi connectivity index (χ3v) is 6.07. The maximum absolute atomic E-state index is 13.2. The number of amides is 2. The van der Waals surface area contributed by atoms with Crippen LogP contribution in [0.2, 0.25) is 0 Å². The predicted octanol–water partition coefficient (Wildman–Crippen LogP) is 4.09. The second kappa shape index (κ2) is 9.21. The number of aryl methyl sites for hydroxylation is 1. The van der Waals surface area contributed by atoms with Crippen molar-refractivity contribution in [2.75, 3.05) is 18.5 Å². The van der Waals surface area contributed by atoms with E-state index in [-0.39, 0.29) is 23.8 Å². The topological polar surface area (TPSA) is 94.5 Å². The minimum atomic E-state index is -0.225. The summed E-state index contributed by atoms with van der Waals surface area (Å²) in [6.07, 6.45) is 4.48. The van der Waals surface area contributed by atoms with Crippen LogP contribution in [0, 0.1) is 5.92 Å². The first kappa shape index (κ1) is 22.0. The van der Waals surface area contributed by atoms with Gasteiger partial charge in [0.15, 0.2) is 11.5 Å². The number of rotatable bonds is 6. The normalized spacial score (nSPS) is 15.8. The van der Waals surface area contributed by atoms with Crippen molar-refractivity contribution < 1.29 is 19.1 Å². The van der Waals surface area contributed by atoms with E-state index in [2.05, 4.69) is 15.7 Å². The highest BCUT2D eigenvalue weighted by atomic mass is 16.5. The second-order valence-corrected chi connectivity index (χ2v) is 8.86. The molecule has 8 heteroatoms. The average molecular weight is 461 g/mol. The van der Waals surface area contributed by atoms with E-state index in [1.54, 1.807) is 17.9 Å². The smallest absolute Gasteiger partial charge is 0.255 e. The SMILES string of the molecule is CC(NC(=O)c1cn(C)nc1-c1ccc2c(c1)OCCCO2)c1ccc(NC(=O)C2CC2)cc1. The number of anilines is 1. The minimum Gasteiger partial charge on any atom is -0.490 e. The van der Waals surface area contributed by atoms with Gasteiger partial charge in [-0.05, 0) is 55.7 Å². The molecule has 0 bridgehead atoms. The van der Waals surface area contributed by atoms with Gasteiger partial charge < -0.3 is 20.1 Å². The number of aromatic nitrogens is 2. The lowest BCUT2D eigenvalue weighted by atomic mass is 10.0. The Labute approximate surface area is 198 Å². The van der Waals surface area contributed by atoms with Gasteiger partial charge in [-0.15, -0.1) is 0 Å². The van der Waals surface area contributed by atoms with Gasteiger partial charge in [0, 0.05) is 36.8 Å². The van der Waals surface area contributed by atoms with E-state index in [1.165, 1.54) is 0 Å². The van der Waals surface area contributed by atoms with Crippen molar-refractivity contribution in [1.82, 2.24) is 15.1 Å². The lowest BCUT2D eigenvalue weighted by Gasteiger charge is -2.15. The van der Waals surface area contributed by atoms with Gasteiger partial charge in [0.05, 0.1) is 24.8 Å². The van der Waals surface area contributed by atoms with Crippen molar-refractivity contribution in [2.24, 2.45) is 13.0 Å². The summed E-state index contributed by atoms with van der Waals surface area (Å²) < 4.78 is 13.2. The molecule has 1 fully saturated rings. The Bertz CT molecular complexity index is 1210. The Morgan fingerprint density at radius 3 is 2.53 bits per heavy atom. The fraction of sp³-hybridized carbons (Fsp3) is 0.346. The van der Waals surface area contributed by atoms with Crippen molar-refractivity contribution >= 4 is 17.5 Å². The minimum absolute atomic E-state index is 0.0768. The molecule has 1 aliphatic carbocycles. The zero-order valence-corrected chi connectivity index (χ0v) is 19.3. The summed E-state index contributed by atoms with van der Waals surface area (Å²) in [4.78, 5) is 25.1. The highest BCUT2D eigenvalue weighted by Gasteiger charge is 2.29. The van der Waals surface area contributed by atoms with E-state index in [1.807, 2.05) is 49.4 Å². The first-order valence-corrected chi connectivity index (χ1v) is 11.6. The van der Waals surface area contributed by atoms with Gasteiger partial charge in [-0.3, -0.25) is 14.3 Å². The van der Waals surface area contributed by atoms with E-state index in [9.17, 15) is 9.59 Å². The monoisotopic (exact) mass is 460 g/mol. The van der Waals surface area contributed by atoms with Crippen LogP contribution in [0.15, 0.2) is 48.7 Å². The summed E-state index contributed by atoms with van der Waals surface area (Å²) in [5.41, 5.74) is 3.57. The van der Waals surface area contributed by atoms with Gasteiger partial charge >= 0.3 is 0 Å². The van der Waals surface area contributed by atoms with Gasteiger partial charge in [-0.25, -0.2) is 0 Å². The van der Waals surface area contributed by atoms with Gasteiger partial charge in [-0.1, -0.05) is 12.1 Å². The lowest BCUT2D eigenvalue weighted by molar-refractivity contribution is -0.117. The van der Waals surface area contributed by atoms with E-state index < -0.39 is 0 Å². The molecule has 1 unspecified atom stereocenters. The molecule has 34 heavy (non-hydrogen) atoms. The molecule has 176 valence electrons. The second-order valence-electron chi connectivity index (χ2n) is 8.86. The summed E-state index contributed by atoms with van der Waals surface area (Å²) in [5.74, 6) is 1.38. The van der Waals surface area contributed by atoms with Gasteiger partial charge in [0.2, 0.25) is 5.91 Å². The van der Waals surface area contributed by atoms with Crippen LogP contribution >= 0.6 is 0 Å². The fourth-order valence-electron chi connectivity index (χ4n) is 3.98. The quantitative estimate of drug-likeness (QED) is 0.578. The number of nitrogens with one attached hydrogen (secondary N) is 2. The first-order valence-electron chi connectivity index (χ1n) is 11.6. The molecule has 0 radical (unpaired) electrons. The third-order valence-electron chi connectivity index (χ3n) is 6.07. The Morgan fingerprint density at radius 1 is 1.06 bits per heavy atom. The molecule has 2 N–H and O–H groups in total. The number of hydrogen-bond donors (Lipinski definition) is 2. The molecule has 2 aromatic carbocycles. The Kier molecular flexibility index (Phi) is 5.96. The zero-order valence-electron chi connectivity index (χ0n) is 19.3. The van der Waals surface area contributed by atoms with Crippen LogP contribution in [0.1, 0.15) is 48.1 Å². The number of ether oxygens (including phenoxy) is 2. The van der Waals surface area contributed by atoms with Crippen LogP contribution in [0.5, 0.6) is 11.5 Å². The highest BCUT2D eigenvalue weighted by molar-refractivity contribution is 6.00. The van der Waals surface area contributed by atoms with Crippen LogP contribution in [0.3, 0.4) is 0 Å². The average Bonchev–Trinajstić information content (AvgIpc) is 3.64. The zero-order chi connectivity index (χ0) is 23.7. The summed E-state index contributed by atoms with van der Waals surface area (Å²) in [6.45, 7) is 3.14. The molecular weight excluding hydrogens is 432 g/mol. The van der Waals surface area contributed by atoms with Crippen LogP contribution < -0.4 is 20.1 Å². The number of hydrogen-bond acceptors (Lipinski definition) is 5. The van der Waals surface area contributed by atoms with Crippen molar-refractivity contribution in [3.63, 3.8) is 0 Å². The molecule has 1 atom stereocenters. The Morgan fingerprint density at radius 2 is 1.79 bits per heavy atom. The molecule has 2 amide bonds. The molecule has 8 nitrogen and oxygen atoms in total. The Hall–Kier alpha value is -3.81. The molecule has 3 aromatic rings. The summed E-state index contributed by atoms with van der Waals surface area (Å²) in [6, 6.07) is 13.0. The molecule has 2 heterocycles. The van der Waals surface area contributed by atoms with E-state index in [0.29, 0.717) is 36.0 Å². The number of benzene rings is 2. The number of fused-ring (bicyclic) bond motifs is 1. The predicted molar refractivity (Wildman–Crippen MR) is 128 cm³/mol. The standard InChI is InChI=1S/C26H28N4O4/c1-16(17-6-9-20(10-7-17)28-25(31)18-4-5-18)27-26(32)21-15-30(2)29-24(21)19-8-11-22-23(14-19)34-13-3-12-33-22/h6-11,14-16,18H,3-5,12-13H2,1-2H3,(H,27,32)(H,28,31). The molecule has 2 aliphatic rings. The Balaban J connectivity index is 1.30. The van der Waals surface area contributed by atoms with E-state index in [4.69, 9.17) is 9.47 Å². The van der Waals surface area contributed by atoms with Crippen molar-refractivity contribution in [3.8, 4) is 22.8 Å². The number of carbonyl (C=O) groups excluding carboxylic acids is 2. The van der Waals surface area contributed by atoms with Gasteiger partial charge in [0.25, 0.3) is 5.91 Å². The largest absolute Gasteiger partial charge is 0.490 e. The van der Waals surface area contributed by atoms with Crippen LogP contribution in [0.4, 0.5) is 5.69 Å². The fourth-order valence-corrected chi connectivity index (χ4v) is 3.98. The lowest BCUT2D eigenvalue weighted by Crippen LogP contribution is -2.26. The molecule has 1 aliphatic heterocycles. The number of carbonyl (C=O) groups is 2. The summed E-state index contributed by atoms with van der Waals surface area (Å²) >= 11 is 0. The summed E-state index contributed by atoms with van der Waals surface area (Å²) in [7, 11) is 1.79. The molecular formula is C26H28N4O4. The molecule has 0 spiro atoms. The summed E-state index contributed by atoms with van der Waals surface area (Å²) in [5, 5.41) is 10.5. The third kappa shape index (κ3) is 4.76. The van der Waals surface area contributed by atoms with Crippen molar-refractivity contribution in [2.45, 2.75) is 32.2 Å². The molecule has 5 rings (SSSR count). The van der Waals surface area contributed by atoms with Crippen LogP contribution in [-0.4, -0.2) is 34.8 Å². The number of nitrogens with zero attached hydrogens (tertiary/aromatic N) is 2. The van der Waals surface area contributed by atoms with Crippen molar-refractivity contribution in [3.05, 3.63) is 59.8 Å². The maximum Gasteiger partial charge on any atom is 0.255 e. The molecule has 1 aromatic heterocycles. The maximum atomic E-state index is 13.2. The van der Waals surface area contributed by atoms with Crippen LogP contribution in [0.25, 0.3) is 11.3 Å². The molecule has 0 saturated heterocycles. The van der Waals surface area contributed by atoms with Gasteiger partial charge in [0.1, 0.15) is 5.69 Å². The highest BCUT2D eigenvalue weighted by Crippen LogP contribution is 2.35. The first-order chi connectivity index (χ1) is 16.5.